The fourth-order valence-corrected chi connectivity index (χ4v) is 2.39. The third kappa shape index (κ3) is 6.12. The summed E-state index contributed by atoms with van der Waals surface area (Å²) < 4.78 is 2.03. The first-order valence-electron chi connectivity index (χ1n) is 9.42. The van der Waals surface area contributed by atoms with Crippen LogP contribution in [0, 0.1) is 0 Å². The van der Waals surface area contributed by atoms with Crippen molar-refractivity contribution in [1.82, 2.24) is 19.7 Å². The van der Waals surface area contributed by atoms with Crippen LogP contribution in [0.5, 0.6) is 0 Å². The minimum atomic E-state index is 0.873. The van der Waals surface area contributed by atoms with Crippen molar-refractivity contribution in [2.45, 2.75) is 34.2 Å². The summed E-state index contributed by atoms with van der Waals surface area (Å²) in [6.07, 6.45) is 5.77. The van der Waals surface area contributed by atoms with Gasteiger partial charge in [-0.15, -0.1) is 0 Å². The maximum Gasteiger partial charge on any atom is 0.100 e. The van der Waals surface area contributed by atoms with Gasteiger partial charge in [0, 0.05) is 36.3 Å². The van der Waals surface area contributed by atoms with E-state index in [0.29, 0.717) is 0 Å². The highest BCUT2D eigenvalue weighted by atomic mass is 15.3. The fourth-order valence-electron chi connectivity index (χ4n) is 2.39. The van der Waals surface area contributed by atoms with E-state index >= 15 is 0 Å². The quantitative estimate of drug-likeness (QED) is 0.631. The van der Waals surface area contributed by atoms with Gasteiger partial charge in [0.25, 0.3) is 0 Å². The first-order valence-corrected chi connectivity index (χ1v) is 9.42. The molecule has 0 bridgehead atoms. The Morgan fingerprint density at radius 1 is 0.846 bits per heavy atom. The van der Waals surface area contributed by atoms with E-state index in [0.717, 1.165) is 35.5 Å². The van der Waals surface area contributed by atoms with Gasteiger partial charge in [0.05, 0.1) is 6.54 Å². The summed E-state index contributed by atoms with van der Waals surface area (Å²) in [6, 6.07) is 14.4. The Labute approximate surface area is 158 Å². The summed E-state index contributed by atoms with van der Waals surface area (Å²) in [7, 11) is 4.15. The van der Waals surface area contributed by atoms with Crippen molar-refractivity contribution in [2.24, 2.45) is 0 Å². The third-order valence-electron chi connectivity index (χ3n) is 3.58. The summed E-state index contributed by atoms with van der Waals surface area (Å²) in [6.45, 7) is 9.84. The topological polar surface area (TPSA) is 34.0 Å². The van der Waals surface area contributed by atoms with Crippen molar-refractivity contribution in [3.05, 3.63) is 61.1 Å². The van der Waals surface area contributed by atoms with Gasteiger partial charge in [-0.1, -0.05) is 58.0 Å². The molecule has 0 saturated heterocycles. The molecule has 0 spiro atoms. The predicted molar refractivity (Wildman–Crippen MR) is 112 cm³/mol. The fraction of sp³-hybridized carbons (Fsp3) is 0.364. The third-order valence-corrected chi connectivity index (χ3v) is 3.58. The van der Waals surface area contributed by atoms with Crippen LogP contribution >= 0.6 is 0 Å². The van der Waals surface area contributed by atoms with Crippen LogP contribution in [0.4, 0.5) is 0 Å². The average Bonchev–Trinajstić information content (AvgIpc) is 3.15. The van der Waals surface area contributed by atoms with E-state index in [1.54, 1.807) is 0 Å². The number of pyridine rings is 1. The normalized spacial score (nSPS) is 9.81. The molecule has 0 aliphatic carbocycles. The molecule has 0 unspecified atom stereocenters. The van der Waals surface area contributed by atoms with Crippen LogP contribution < -0.4 is 0 Å². The molecule has 3 aromatic rings. The Hall–Kier alpha value is -2.46. The van der Waals surface area contributed by atoms with E-state index in [-0.39, 0.29) is 0 Å². The van der Waals surface area contributed by atoms with E-state index in [9.17, 15) is 0 Å². The van der Waals surface area contributed by atoms with Gasteiger partial charge < -0.3 is 4.90 Å². The minimum absolute atomic E-state index is 0.873. The van der Waals surface area contributed by atoms with Crippen LogP contribution in [-0.2, 0) is 6.54 Å². The second kappa shape index (κ2) is 12.0. The molecule has 140 valence electrons. The summed E-state index contributed by atoms with van der Waals surface area (Å²) >= 11 is 0. The van der Waals surface area contributed by atoms with Gasteiger partial charge >= 0.3 is 0 Å². The monoisotopic (exact) mass is 352 g/mol. The zero-order chi connectivity index (χ0) is 19.4. The van der Waals surface area contributed by atoms with Crippen molar-refractivity contribution in [3.63, 3.8) is 0 Å². The molecule has 0 aliphatic rings. The second-order valence-corrected chi connectivity index (χ2v) is 5.56. The highest BCUT2D eigenvalue weighted by Crippen LogP contribution is 2.30. The molecule has 2 aromatic heterocycles. The van der Waals surface area contributed by atoms with E-state index in [4.69, 9.17) is 5.10 Å². The van der Waals surface area contributed by atoms with Gasteiger partial charge in [-0.25, -0.2) is 0 Å². The smallest absolute Gasteiger partial charge is 0.100 e. The largest absolute Gasteiger partial charge is 0.308 e. The lowest BCUT2D eigenvalue weighted by atomic mass is 10.0. The lowest BCUT2D eigenvalue weighted by molar-refractivity contribution is 0.373. The number of aromatic nitrogens is 3. The van der Waals surface area contributed by atoms with E-state index < -0.39 is 0 Å². The Morgan fingerprint density at radius 3 is 2.04 bits per heavy atom. The lowest BCUT2D eigenvalue weighted by Crippen LogP contribution is -2.18. The average molecular weight is 353 g/mol. The Kier molecular flexibility index (Phi) is 9.95. The van der Waals surface area contributed by atoms with Crippen molar-refractivity contribution < 1.29 is 0 Å². The molecule has 1 aromatic carbocycles. The molecule has 0 radical (unpaired) electrons. The highest BCUT2D eigenvalue weighted by Gasteiger charge is 2.12. The van der Waals surface area contributed by atoms with Crippen LogP contribution in [0.15, 0.2) is 61.1 Å². The first-order chi connectivity index (χ1) is 12.7. The lowest BCUT2D eigenvalue weighted by Gasteiger charge is -2.08. The van der Waals surface area contributed by atoms with Crippen LogP contribution in [0.1, 0.15) is 27.7 Å². The summed E-state index contributed by atoms with van der Waals surface area (Å²) in [5.74, 6) is 0. The molecule has 0 N–H and O–H groups in total. The van der Waals surface area contributed by atoms with Gasteiger partial charge in [-0.3, -0.25) is 9.67 Å². The molecule has 4 nitrogen and oxygen atoms in total. The van der Waals surface area contributed by atoms with Crippen LogP contribution in [-0.4, -0.2) is 40.3 Å². The minimum Gasteiger partial charge on any atom is -0.308 e. The molecular weight excluding hydrogens is 320 g/mol. The number of likely N-dealkylation sites (N-methyl/N-ethyl adjacent to an activating group) is 1. The number of nitrogens with zero attached hydrogens (tertiary/aromatic N) is 4. The standard InChI is InChI=1S/C18H20N4.2C2H6/c1-21(2)12-13-22-14-17(15-8-10-19-11-9-15)18(20-22)16-6-4-3-5-7-16;2*1-2/h3-11,14H,12-13H2,1-2H3;2*1-2H3. The second-order valence-electron chi connectivity index (χ2n) is 5.56. The summed E-state index contributed by atoms with van der Waals surface area (Å²) in [4.78, 5) is 6.27. The summed E-state index contributed by atoms with van der Waals surface area (Å²) in [5.41, 5.74) is 4.45. The molecule has 2 heterocycles. The number of benzene rings is 1. The van der Waals surface area contributed by atoms with E-state index in [1.165, 1.54) is 0 Å². The Balaban J connectivity index is 0.000000791. The Morgan fingerprint density at radius 2 is 1.46 bits per heavy atom. The molecule has 0 saturated carbocycles. The van der Waals surface area contributed by atoms with Crippen LogP contribution in [0.2, 0.25) is 0 Å². The van der Waals surface area contributed by atoms with Gasteiger partial charge in [0.15, 0.2) is 0 Å². The van der Waals surface area contributed by atoms with Gasteiger partial charge in [0.2, 0.25) is 0 Å². The molecule has 3 rings (SSSR count). The van der Waals surface area contributed by atoms with Crippen molar-refractivity contribution in [3.8, 4) is 22.4 Å². The molecule has 26 heavy (non-hydrogen) atoms. The van der Waals surface area contributed by atoms with Gasteiger partial charge in [-0.2, -0.15) is 5.10 Å². The molecule has 0 fully saturated rings. The SMILES string of the molecule is CC.CC.CN(C)CCn1cc(-c2ccncc2)c(-c2ccccc2)n1. The molecule has 4 heteroatoms. The van der Waals surface area contributed by atoms with E-state index in [2.05, 4.69) is 42.3 Å². The zero-order valence-corrected chi connectivity index (χ0v) is 17.0. The van der Waals surface area contributed by atoms with E-state index in [1.807, 2.05) is 75.1 Å². The number of rotatable bonds is 5. The van der Waals surface area contributed by atoms with Crippen molar-refractivity contribution in [2.75, 3.05) is 20.6 Å². The molecule has 0 atom stereocenters. The zero-order valence-electron chi connectivity index (χ0n) is 17.0. The number of hydrogen-bond donors (Lipinski definition) is 0. The van der Waals surface area contributed by atoms with Crippen LogP contribution in [0.25, 0.3) is 22.4 Å². The Bertz CT molecular complexity index is 661. The first kappa shape index (κ1) is 21.6. The van der Waals surface area contributed by atoms with Gasteiger partial charge in [-0.05, 0) is 31.8 Å². The maximum absolute atomic E-state index is 4.80. The predicted octanol–water partition coefficient (Wildman–Crippen LogP) is 5.23. The van der Waals surface area contributed by atoms with Crippen LogP contribution in [0.3, 0.4) is 0 Å². The number of hydrogen-bond acceptors (Lipinski definition) is 3. The molecular formula is C22H32N4. The van der Waals surface area contributed by atoms with Crippen molar-refractivity contribution in [1.29, 1.82) is 0 Å². The van der Waals surface area contributed by atoms with Crippen molar-refractivity contribution >= 4 is 0 Å². The molecule has 0 aliphatic heterocycles. The molecule has 0 amide bonds. The highest BCUT2D eigenvalue weighted by molar-refractivity contribution is 5.80. The van der Waals surface area contributed by atoms with Gasteiger partial charge in [0.1, 0.15) is 5.69 Å². The maximum atomic E-state index is 4.80. The summed E-state index contributed by atoms with van der Waals surface area (Å²) in [5, 5.41) is 4.80.